The van der Waals surface area contributed by atoms with Crippen molar-refractivity contribution in [2.45, 2.75) is 0 Å². The highest BCUT2D eigenvalue weighted by Gasteiger charge is 2.11. The Labute approximate surface area is 181 Å². The average molecular weight is 427 g/mol. The largest absolute Gasteiger partial charge is 0.464 e. The number of benzene rings is 2. The standard InChI is InChI=1S/C23H17N5O2S/c1-24-22-20-18(9-11-31-20)26-21(27-22)15-3-5-16(6-4-15)23(29)28-25-13-14-2-7-19-17(12-14)8-10-30-19/h2-13H,1H3,(H,28,29)(H,24,26,27). The molecule has 0 radical (unpaired) electrons. The van der Waals surface area contributed by atoms with E-state index in [0.717, 1.165) is 38.1 Å². The Morgan fingerprint density at radius 1 is 1.10 bits per heavy atom. The van der Waals surface area contributed by atoms with E-state index >= 15 is 0 Å². The molecule has 2 aromatic carbocycles. The number of amides is 1. The number of furan rings is 1. The quantitative estimate of drug-likeness (QED) is 0.307. The molecule has 5 rings (SSSR count). The summed E-state index contributed by atoms with van der Waals surface area (Å²) in [6.45, 7) is 0. The summed E-state index contributed by atoms with van der Waals surface area (Å²) in [5.74, 6) is 1.10. The molecule has 0 bridgehead atoms. The Bertz CT molecular complexity index is 1420. The highest BCUT2D eigenvalue weighted by atomic mass is 32.1. The highest BCUT2D eigenvalue weighted by Crippen LogP contribution is 2.28. The summed E-state index contributed by atoms with van der Waals surface area (Å²) in [6.07, 6.45) is 3.24. The molecule has 0 spiro atoms. The second kappa shape index (κ2) is 8.00. The van der Waals surface area contributed by atoms with Gasteiger partial charge in [-0.05, 0) is 53.4 Å². The molecule has 0 aliphatic carbocycles. The summed E-state index contributed by atoms with van der Waals surface area (Å²) >= 11 is 1.60. The molecule has 1 amide bonds. The number of thiophene rings is 1. The third kappa shape index (κ3) is 3.76. The van der Waals surface area contributed by atoms with Crippen molar-refractivity contribution in [3.05, 3.63) is 77.4 Å². The first kappa shape index (κ1) is 19.0. The van der Waals surface area contributed by atoms with Crippen LogP contribution in [0.5, 0.6) is 0 Å². The molecular formula is C23H17N5O2S. The van der Waals surface area contributed by atoms with E-state index in [1.54, 1.807) is 35.9 Å². The molecule has 5 aromatic rings. The molecule has 0 saturated heterocycles. The predicted molar refractivity (Wildman–Crippen MR) is 124 cm³/mol. The number of nitrogens with zero attached hydrogens (tertiary/aromatic N) is 3. The Morgan fingerprint density at radius 3 is 2.81 bits per heavy atom. The number of rotatable bonds is 5. The lowest BCUT2D eigenvalue weighted by molar-refractivity contribution is 0.0955. The summed E-state index contributed by atoms with van der Waals surface area (Å²) in [6, 6.07) is 16.7. The highest BCUT2D eigenvalue weighted by molar-refractivity contribution is 7.17. The smallest absolute Gasteiger partial charge is 0.271 e. The van der Waals surface area contributed by atoms with E-state index < -0.39 is 0 Å². The van der Waals surface area contributed by atoms with Gasteiger partial charge in [0.1, 0.15) is 11.4 Å². The van der Waals surface area contributed by atoms with Crippen LogP contribution in [-0.4, -0.2) is 29.1 Å². The lowest BCUT2D eigenvalue weighted by Crippen LogP contribution is -2.17. The molecule has 0 aliphatic rings. The van der Waals surface area contributed by atoms with Gasteiger partial charge >= 0.3 is 0 Å². The van der Waals surface area contributed by atoms with Crippen LogP contribution in [0.3, 0.4) is 0 Å². The fourth-order valence-electron chi connectivity index (χ4n) is 3.23. The number of fused-ring (bicyclic) bond motifs is 2. The van der Waals surface area contributed by atoms with Crippen molar-refractivity contribution in [1.82, 2.24) is 15.4 Å². The van der Waals surface area contributed by atoms with Gasteiger partial charge in [-0.2, -0.15) is 5.10 Å². The van der Waals surface area contributed by atoms with Crippen molar-refractivity contribution in [3.63, 3.8) is 0 Å². The van der Waals surface area contributed by atoms with E-state index in [0.29, 0.717) is 11.4 Å². The fourth-order valence-corrected chi connectivity index (χ4v) is 4.05. The zero-order valence-electron chi connectivity index (χ0n) is 16.5. The number of hydrazone groups is 1. The van der Waals surface area contributed by atoms with Crippen molar-refractivity contribution in [3.8, 4) is 11.4 Å². The Balaban J connectivity index is 1.30. The van der Waals surface area contributed by atoms with E-state index in [4.69, 9.17) is 4.42 Å². The van der Waals surface area contributed by atoms with Gasteiger partial charge in [0.25, 0.3) is 5.91 Å². The molecule has 152 valence electrons. The van der Waals surface area contributed by atoms with Gasteiger partial charge in [0.15, 0.2) is 5.82 Å². The van der Waals surface area contributed by atoms with Crippen molar-refractivity contribution >= 4 is 50.5 Å². The van der Waals surface area contributed by atoms with Crippen LogP contribution in [0.2, 0.25) is 0 Å². The van der Waals surface area contributed by atoms with Crippen molar-refractivity contribution in [1.29, 1.82) is 0 Å². The van der Waals surface area contributed by atoms with Gasteiger partial charge in [0.2, 0.25) is 0 Å². The van der Waals surface area contributed by atoms with Gasteiger partial charge in [-0.25, -0.2) is 15.4 Å². The van der Waals surface area contributed by atoms with Gasteiger partial charge in [-0.3, -0.25) is 4.79 Å². The van der Waals surface area contributed by atoms with Crippen LogP contribution >= 0.6 is 11.3 Å². The summed E-state index contributed by atoms with van der Waals surface area (Å²) in [4.78, 5) is 21.6. The Morgan fingerprint density at radius 2 is 1.97 bits per heavy atom. The molecule has 2 N–H and O–H groups in total. The van der Waals surface area contributed by atoms with Gasteiger partial charge in [0.05, 0.1) is 22.7 Å². The van der Waals surface area contributed by atoms with E-state index in [-0.39, 0.29) is 5.91 Å². The molecular weight excluding hydrogens is 410 g/mol. The molecule has 31 heavy (non-hydrogen) atoms. The molecule has 3 aromatic heterocycles. The molecule has 7 nitrogen and oxygen atoms in total. The molecule has 0 atom stereocenters. The number of hydrogen-bond donors (Lipinski definition) is 2. The summed E-state index contributed by atoms with van der Waals surface area (Å²) in [5.41, 5.74) is 6.45. The number of anilines is 1. The lowest BCUT2D eigenvalue weighted by atomic mass is 10.1. The minimum atomic E-state index is -0.294. The monoisotopic (exact) mass is 427 g/mol. The van der Waals surface area contributed by atoms with Gasteiger partial charge in [0, 0.05) is 23.6 Å². The van der Waals surface area contributed by atoms with Gasteiger partial charge in [-0.15, -0.1) is 11.3 Å². The number of hydrogen-bond acceptors (Lipinski definition) is 7. The molecule has 8 heteroatoms. The Kier molecular flexibility index (Phi) is 4.89. The van der Waals surface area contributed by atoms with E-state index in [9.17, 15) is 4.79 Å². The zero-order valence-corrected chi connectivity index (χ0v) is 17.3. The number of carbonyl (C=O) groups is 1. The van der Waals surface area contributed by atoms with Crippen LogP contribution in [0.4, 0.5) is 5.82 Å². The number of aromatic nitrogens is 2. The summed E-state index contributed by atoms with van der Waals surface area (Å²) in [5, 5.41) is 10.1. The van der Waals surface area contributed by atoms with E-state index in [1.165, 1.54) is 0 Å². The van der Waals surface area contributed by atoms with Crippen LogP contribution in [-0.2, 0) is 0 Å². The average Bonchev–Trinajstić information content (AvgIpc) is 3.47. The third-order valence-corrected chi connectivity index (χ3v) is 5.71. The van der Waals surface area contributed by atoms with Crippen LogP contribution < -0.4 is 10.7 Å². The van der Waals surface area contributed by atoms with Gasteiger partial charge < -0.3 is 9.73 Å². The topological polar surface area (TPSA) is 92.4 Å². The molecule has 0 fully saturated rings. The minimum Gasteiger partial charge on any atom is -0.464 e. The maximum Gasteiger partial charge on any atom is 0.271 e. The molecule has 3 heterocycles. The molecule has 0 unspecified atom stereocenters. The maximum absolute atomic E-state index is 12.4. The first-order valence-corrected chi connectivity index (χ1v) is 10.4. The number of carbonyl (C=O) groups excluding carboxylic acids is 1. The van der Waals surface area contributed by atoms with Gasteiger partial charge in [-0.1, -0.05) is 12.1 Å². The summed E-state index contributed by atoms with van der Waals surface area (Å²) < 4.78 is 6.34. The zero-order chi connectivity index (χ0) is 21.2. The summed E-state index contributed by atoms with van der Waals surface area (Å²) in [7, 11) is 1.84. The van der Waals surface area contributed by atoms with Crippen LogP contribution in [0.1, 0.15) is 15.9 Å². The number of nitrogens with one attached hydrogen (secondary N) is 2. The van der Waals surface area contributed by atoms with Crippen molar-refractivity contribution in [2.24, 2.45) is 5.10 Å². The predicted octanol–water partition coefficient (Wildman–Crippen LogP) is 4.91. The normalized spacial score (nSPS) is 11.4. The van der Waals surface area contributed by atoms with Crippen LogP contribution in [0, 0.1) is 0 Å². The Hall–Kier alpha value is -4.04. The minimum absolute atomic E-state index is 0.294. The molecule has 0 saturated carbocycles. The first-order chi connectivity index (χ1) is 15.2. The van der Waals surface area contributed by atoms with Crippen LogP contribution in [0.15, 0.2) is 75.8 Å². The SMILES string of the molecule is CNc1nc(-c2ccc(C(=O)NN=Cc3ccc4occc4c3)cc2)nc2ccsc12. The third-order valence-electron chi connectivity index (χ3n) is 4.80. The lowest BCUT2D eigenvalue weighted by Gasteiger charge is -2.06. The van der Waals surface area contributed by atoms with Crippen molar-refractivity contribution < 1.29 is 9.21 Å². The molecule has 0 aliphatic heterocycles. The van der Waals surface area contributed by atoms with Crippen molar-refractivity contribution in [2.75, 3.05) is 12.4 Å². The second-order valence-electron chi connectivity index (χ2n) is 6.78. The van der Waals surface area contributed by atoms with E-state index in [2.05, 4.69) is 25.8 Å². The van der Waals surface area contributed by atoms with E-state index in [1.807, 2.05) is 54.9 Å². The first-order valence-electron chi connectivity index (χ1n) is 9.55. The maximum atomic E-state index is 12.4. The fraction of sp³-hybridized carbons (Fsp3) is 0.0435. The van der Waals surface area contributed by atoms with Crippen LogP contribution in [0.25, 0.3) is 32.6 Å². The second-order valence-corrected chi connectivity index (χ2v) is 7.69.